The van der Waals surface area contributed by atoms with Crippen molar-refractivity contribution < 1.29 is 22.7 Å². The van der Waals surface area contributed by atoms with Gasteiger partial charge in [0.05, 0.1) is 20.6 Å². The predicted molar refractivity (Wildman–Crippen MR) is 116 cm³/mol. The highest BCUT2D eigenvalue weighted by atomic mass is 35.5. The SMILES string of the molecule is CC(C)[C@@H](NS(=O)(=O)c1ccc(Cl)cc1)C(=O)OCC(=O)Nc1c(Cl)cccc1Cl. The van der Waals surface area contributed by atoms with Crippen LogP contribution in [0.15, 0.2) is 47.4 Å². The molecule has 0 aliphatic rings. The van der Waals surface area contributed by atoms with Crippen LogP contribution in [0.25, 0.3) is 0 Å². The summed E-state index contributed by atoms with van der Waals surface area (Å²) in [4.78, 5) is 24.5. The molecule has 162 valence electrons. The molecular formula is C19H19Cl3N2O5S. The number of esters is 1. The molecule has 1 amide bonds. The van der Waals surface area contributed by atoms with E-state index in [2.05, 4.69) is 10.0 Å². The minimum Gasteiger partial charge on any atom is -0.454 e. The van der Waals surface area contributed by atoms with Crippen molar-refractivity contribution in [3.63, 3.8) is 0 Å². The average molecular weight is 494 g/mol. The number of rotatable bonds is 8. The van der Waals surface area contributed by atoms with Crippen molar-refractivity contribution in [3.05, 3.63) is 57.5 Å². The van der Waals surface area contributed by atoms with E-state index in [9.17, 15) is 18.0 Å². The molecule has 2 aromatic carbocycles. The molecule has 0 unspecified atom stereocenters. The molecule has 0 radical (unpaired) electrons. The largest absolute Gasteiger partial charge is 0.454 e. The summed E-state index contributed by atoms with van der Waals surface area (Å²) in [5, 5.41) is 3.26. The summed E-state index contributed by atoms with van der Waals surface area (Å²) in [6.07, 6.45) is 0. The Balaban J connectivity index is 2.03. The number of amides is 1. The Kier molecular flexibility index (Phi) is 8.52. The standard InChI is InChI=1S/C19H19Cl3N2O5S/c1-11(2)17(24-30(27,28)13-8-6-12(20)7-9-13)19(26)29-10-16(25)23-18-14(21)4-3-5-15(18)22/h3-9,11,17,24H,10H2,1-2H3,(H,23,25)/t17-/m1/s1. The number of para-hydroxylation sites is 1. The minimum atomic E-state index is -4.01. The van der Waals surface area contributed by atoms with E-state index in [1.54, 1.807) is 19.9 Å². The first-order valence-electron chi connectivity index (χ1n) is 8.69. The summed E-state index contributed by atoms with van der Waals surface area (Å²) >= 11 is 17.7. The summed E-state index contributed by atoms with van der Waals surface area (Å²) in [5.41, 5.74) is 0.186. The van der Waals surface area contributed by atoms with Gasteiger partial charge in [-0.15, -0.1) is 0 Å². The zero-order valence-corrected chi connectivity index (χ0v) is 19.1. The first-order valence-corrected chi connectivity index (χ1v) is 11.3. The third-order valence-corrected chi connectivity index (χ3v) is 6.24. The lowest BCUT2D eigenvalue weighted by molar-refractivity contribution is -0.150. The summed E-state index contributed by atoms with van der Waals surface area (Å²) in [6, 6.07) is 8.95. The summed E-state index contributed by atoms with van der Waals surface area (Å²) in [5.74, 6) is -2.02. The molecule has 7 nitrogen and oxygen atoms in total. The zero-order chi connectivity index (χ0) is 22.5. The molecule has 0 saturated carbocycles. The number of nitrogens with one attached hydrogen (secondary N) is 2. The van der Waals surface area contributed by atoms with Gasteiger partial charge in [-0.3, -0.25) is 9.59 Å². The van der Waals surface area contributed by atoms with Gasteiger partial charge < -0.3 is 10.1 Å². The van der Waals surface area contributed by atoms with Gasteiger partial charge in [0.25, 0.3) is 5.91 Å². The maximum Gasteiger partial charge on any atom is 0.324 e. The Labute approximate surface area is 189 Å². The van der Waals surface area contributed by atoms with E-state index in [-0.39, 0.29) is 20.6 Å². The molecule has 0 aliphatic carbocycles. The lowest BCUT2D eigenvalue weighted by Gasteiger charge is -2.21. The van der Waals surface area contributed by atoms with E-state index in [1.165, 1.54) is 36.4 Å². The van der Waals surface area contributed by atoms with Crippen LogP contribution >= 0.6 is 34.8 Å². The van der Waals surface area contributed by atoms with Crippen LogP contribution in [0.2, 0.25) is 15.1 Å². The van der Waals surface area contributed by atoms with Gasteiger partial charge >= 0.3 is 5.97 Å². The fourth-order valence-electron chi connectivity index (χ4n) is 2.32. The van der Waals surface area contributed by atoms with Gasteiger partial charge in [-0.25, -0.2) is 8.42 Å². The minimum absolute atomic E-state index is 0.0588. The van der Waals surface area contributed by atoms with E-state index in [4.69, 9.17) is 39.5 Å². The normalized spacial score (nSPS) is 12.5. The van der Waals surface area contributed by atoms with Crippen molar-refractivity contribution in [1.29, 1.82) is 0 Å². The van der Waals surface area contributed by atoms with Crippen LogP contribution in [-0.4, -0.2) is 32.9 Å². The number of hydrogen-bond donors (Lipinski definition) is 2. The fraction of sp³-hybridized carbons (Fsp3) is 0.263. The van der Waals surface area contributed by atoms with Crippen LogP contribution in [-0.2, 0) is 24.3 Å². The van der Waals surface area contributed by atoms with Crippen LogP contribution in [0, 0.1) is 5.92 Å². The van der Waals surface area contributed by atoms with Crippen LogP contribution in [0.3, 0.4) is 0 Å². The molecule has 0 aliphatic heterocycles. The quantitative estimate of drug-likeness (QED) is 0.538. The topological polar surface area (TPSA) is 102 Å². The van der Waals surface area contributed by atoms with Crippen molar-refractivity contribution in [3.8, 4) is 0 Å². The van der Waals surface area contributed by atoms with Gasteiger partial charge in [0.1, 0.15) is 6.04 Å². The maximum absolute atomic E-state index is 12.5. The van der Waals surface area contributed by atoms with Gasteiger partial charge in [-0.1, -0.05) is 54.7 Å². The molecule has 11 heteroatoms. The van der Waals surface area contributed by atoms with E-state index in [1.807, 2.05) is 0 Å². The number of carbonyl (C=O) groups excluding carboxylic acids is 2. The number of hydrogen-bond acceptors (Lipinski definition) is 5. The third kappa shape index (κ3) is 6.58. The lowest BCUT2D eigenvalue weighted by Crippen LogP contribution is -2.45. The lowest BCUT2D eigenvalue weighted by atomic mass is 10.1. The molecule has 2 rings (SSSR count). The monoisotopic (exact) mass is 492 g/mol. The van der Waals surface area contributed by atoms with E-state index in [0.29, 0.717) is 5.02 Å². The van der Waals surface area contributed by atoms with Gasteiger partial charge in [0.2, 0.25) is 10.0 Å². The van der Waals surface area contributed by atoms with E-state index < -0.39 is 40.5 Å². The average Bonchev–Trinajstić information content (AvgIpc) is 2.67. The second-order valence-electron chi connectivity index (χ2n) is 6.55. The molecule has 0 heterocycles. The molecule has 2 N–H and O–H groups in total. The highest BCUT2D eigenvalue weighted by Crippen LogP contribution is 2.29. The third-order valence-electron chi connectivity index (χ3n) is 3.90. The van der Waals surface area contributed by atoms with Crippen molar-refractivity contribution in [2.45, 2.75) is 24.8 Å². The number of sulfonamides is 1. The Morgan fingerprint density at radius 1 is 1.00 bits per heavy atom. The van der Waals surface area contributed by atoms with E-state index in [0.717, 1.165) is 0 Å². The Morgan fingerprint density at radius 2 is 1.57 bits per heavy atom. The Hall–Kier alpha value is -1.84. The van der Waals surface area contributed by atoms with Crippen LogP contribution in [0.1, 0.15) is 13.8 Å². The molecule has 30 heavy (non-hydrogen) atoms. The number of carbonyl (C=O) groups is 2. The van der Waals surface area contributed by atoms with Crippen LogP contribution in [0.5, 0.6) is 0 Å². The zero-order valence-electron chi connectivity index (χ0n) is 16.0. The number of halogens is 3. The maximum atomic E-state index is 12.5. The first kappa shape index (κ1) is 24.4. The molecule has 0 bridgehead atoms. The molecule has 2 aromatic rings. The van der Waals surface area contributed by atoms with E-state index >= 15 is 0 Å². The van der Waals surface area contributed by atoms with Crippen molar-refractivity contribution in [2.75, 3.05) is 11.9 Å². The molecule has 0 saturated heterocycles. The molecule has 0 spiro atoms. The van der Waals surface area contributed by atoms with Gasteiger partial charge in [0, 0.05) is 5.02 Å². The molecule has 0 aromatic heterocycles. The van der Waals surface area contributed by atoms with Crippen molar-refractivity contribution in [1.82, 2.24) is 4.72 Å². The molecule has 1 atom stereocenters. The van der Waals surface area contributed by atoms with Gasteiger partial charge in [-0.05, 0) is 42.3 Å². The predicted octanol–water partition coefficient (Wildman–Crippen LogP) is 4.13. The van der Waals surface area contributed by atoms with Crippen molar-refractivity contribution in [2.24, 2.45) is 5.92 Å². The molecule has 0 fully saturated rings. The number of benzene rings is 2. The van der Waals surface area contributed by atoms with Crippen LogP contribution < -0.4 is 10.0 Å². The Morgan fingerprint density at radius 3 is 2.10 bits per heavy atom. The van der Waals surface area contributed by atoms with Crippen LogP contribution in [0.4, 0.5) is 5.69 Å². The highest BCUT2D eigenvalue weighted by Gasteiger charge is 2.30. The number of anilines is 1. The summed E-state index contributed by atoms with van der Waals surface area (Å²) < 4.78 is 32.4. The van der Waals surface area contributed by atoms with Gasteiger partial charge in [-0.2, -0.15) is 4.72 Å². The first-order chi connectivity index (χ1) is 14.0. The highest BCUT2D eigenvalue weighted by molar-refractivity contribution is 7.89. The second-order valence-corrected chi connectivity index (χ2v) is 9.51. The number of ether oxygens (including phenoxy) is 1. The smallest absolute Gasteiger partial charge is 0.324 e. The van der Waals surface area contributed by atoms with Gasteiger partial charge in [0.15, 0.2) is 6.61 Å². The summed E-state index contributed by atoms with van der Waals surface area (Å²) in [6.45, 7) is 2.63. The second kappa shape index (κ2) is 10.5. The fourth-order valence-corrected chi connectivity index (χ4v) is 4.28. The Bertz CT molecular complexity index is 1010. The molecular weight excluding hydrogens is 475 g/mol. The van der Waals surface area contributed by atoms with Crippen molar-refractivity contribution >= 4 is 62.4 Å². The summed E-state index contributed by atoms with van der Waals surface area (Å²) in [7, 11) is -4.01.